The van der Waals surface area contributed by atoms with Gasteiger partial charge in [-0.1, -0.05) is 6.92 Å². The summed E-state index contributed by atoms with van der Waals surface area (Å²) < 4.78 is 5.49. The summed E-state index contributed by atoms with van der Waals surface area (Å²) in [5.41, 5.74) is 3.38. The molecule has 0 bridgehead atoms. The van der Waals surface area contributed by atoms with Crippen LogP contribution >= 0.6 is 11.3 Å². The topological polar surface area (TPSA) is 55.1 Å². The number of thiophene rings is 1. The predicted octanol–water partition coefficient (Wildman–Crippen LogP) is 3.42. The van der Waals surface area contributed by atoms with Crippen LogP contribution in [-0.4, -0.2) is 10.9 Å². The highest BCUT2D eigenvalue weighted by atomic mass is 32.1. The minimum Gasteiger partial charge on any atom is -0.435 e. The summed E-state index contributed by atoms with van der Waals surface area (Å²) in [5, 5.41) is 5.15. The maximum Gasteiger partial charge on any atom is 0.289 e. The number of aryl methyl sites for hydroxylation is 3. The van der Waals surface area contributed by atoms with Crippen molar-refractivity contribution in [3.05, 3.63) is 38.7 Å². The van der Waals surface area contributed by atoms with Crippen molar-refractivity contribution in [2.75, 3.05) is 0 Å². The fourth-order valence-electron chi connectivity index (χ4n) is 2.78. The summed E-state index contributed by atoms with van der Waals surface area (Å²) in [7, 11) is 0. The van der Waals surface area contributed by atoms with E-state index in [-0.39, 0.29) is 5.91 Å². The van der Waals surface area contributed by atoms with Gasteiger partial charge in [0.05, 0.1) is 5.69 Å². The van der Waals surface area contributed by atoms with Crippen molar-refractivity contribution < 1.29 is 9.21 Å². The fourth-order valence-corrected chi connectivity index (χ4v) is 3.93. The third-order valence-corrected chi connectivity index (χ3v) is 5.07. The number of nitrogens with zero attached hydrogens (tertiary/aromatic N) is 1. The molecule has 0 saturated carbocycles. The van der Waals surface area contributed by atoms with Gasteiger partial charge in [-0.3, -0.25) is 4.79 Å². The zero-order valence-corrected chi connectivity index (χ0v) is 13.3. The minimum absolute atomic E-state index is 0.171. The van der Waals surface area contributed by atoms with Crippen molar-refractivity contribution in [1.29, 1.82) is 0 Å². The summed E-state index contributed by atoms with van der Waals surface area (Å²) in [6.07, 6.45) is 5.58. The molecule has 21 heavy (non-hydrogen) atoms. The second-order valence-electron chi connectivity index (χ2n) is 5.43. The molecule has 1 aliphatic carbocycles. The number of nitrogens with one attached hydrogen (secondary N) is 1. The molecule has 5 heteroatoms. The first-order valence-corrected chi connectivity index (χ1v) is 8.39. The zero-order chi connectivity index (χ0) is 14.8. The Labute approximate surface area is 128 Å². The SMILES string of the molecule is CCc1nc(C)c(C(=O)NCc2csc3c2CCCC3)o1. The average molecular weight is 304 g/mol. The van der Waals surface area contributed by atoms with Crippen LogP contribution in [0, 0.1) is 6.92 Å². The summed E-state index contributed by atoms with van der Waals surface area (Å²) in [6, 6.07) is 0. The van der Waals surface area contributed by atoms with Crippen molar-refractivity contribution in [1.82, 2.24) is 10.3 Å². The summed E-state index contributed by atoms with van der Waals surface area (Å²) in [5.74, 6) is 0.789. The Morgan fingerprint density at radius 1 is 1.43 bits per heavy atom. The van der Waals surface area contributed by atoms with E-state index in [1.54, 1.807) is 0 Å². The van der Waals surface area contributed by atoms with Crippen LogP contribution in [0.5, 0.6) is 0 Å². The Kier molecular flexibility index (Phi) is 4.10. The molecule has 2 aromatic rings. The van der Waals surface area contributed by atoms with E-state index in [0.717, 1.165) is 6.42 Å². The molecule has 0 fully saturated rings. The number of aromatic nitrogens is 1. The van der Waals surface area contributed by atoms with Crippen LogP contribution in [-0.2, 0) is 25.8 Å². The molecular formula is C16H20N2O2S. The molecule has 2 aromatic heterocycles. The van der Waals surface area contributed by atoms with Crippen LogP contribution in [0.25, 0.3) is 0 Å². The van der Waals surface area contributed by atoms with Crippen LogP contribution in [0.3, 0.4) is 0 Å². The van der Waals surface area contributed by atoms with Gasteiger partial charge < -0.3 is 9.73 Å². The van der Waals surface area contributed by atoms with Crippen molar-refractivity contribution in [2.45, 2.75) is 52.5 Å². The van der Waals surface area contributed by atoms with Gasteiger partial charge in [-0.15, -0.1) is 11.3 Å². The zero-order valence-electron chi connectivity index (χ0n) is 12.5. The molecule has 0 spiro atoms. The molecule has 0 unspecified atom stereocenters. The lowest BCUT2D eigenvalue weighted by molar-refractivity contribution is 0.0920. The van der Waals surface area contributed by atoms with E-state index in [4.69, 9.17) is 4.42 Å². The predicted molar refractivity (Wildman–Crippen MR) is 82.7 cm³/mol. The second-order valence-corrected chi connectivity index (χ2v) is 6.39. The molecule has 0 aromatic carbocycles. The standard InChI is InChI=1S/C16H20N2O2S/c1-3-14-18-10(2)15(20-14)16(19)17-8-11-9-21-13-7-5-4-6-12(11)13/h9H,3-8H2,1-2H3,(H,17,19). The van der Waals surface area contributed by atoms with Gasteiger partial charge in [-0.25, -0.2) is 4.98 Å². The molecule has 3 rings (SSSR count). The number of hydrogen-bond acceptors (Lipinski definition) is 4. The Morgan fingerprint density at radius 3 is 3.00 bits per heavy atom. The van der Waals surface area contributed by atoms with Crippen molar-refractivity contribution in [3.8, 4) is 0 Å². The number of hydrogen-bond donors (Lipinski definition) is 1. The second kappa shape index (κ2) is 6.02. The van der Waals surface area contributed by atoms with Crippen molar-refractivity contribution in [3.63, 3.8) is 0 Å². The van der Waals surface area contributed by atoms with Crippen molar-refractivity contribution in [2.24, 2.45) is 0 Å². The first kappa shape index (κ1) is 14.3. The van der Waals surface area contributed by atoms with Gasteiger partial charge in [-0.2, -0.15) is 0 Å². The molecule has 4 nitrogen and oxygen atoms in total. The number of fused-ring (bicyclic) bond motifs is 1. The third kappa shape index (κ3) is 2.88. The van der Waals surface area contributed by atoms with Gasteiger partial charge in [0.2, 0.25) is 5.76 Å². The number of oxazole rings is 1. The molecule has 2 heterocycles. The molecule has 112 valence electrons. The van der Waals surface area contributed by atoms with Crippen LogP contribution < -0.4 is 5.32 Å². The first-order chi connectivity index (χ1) is 10.2. The minimum atomic E-state index is -0.171. The summed E-state index contributed by atoms with van der Waals surface area (Å²) in [6.45, 7) is 4.35. The Bertz CT molecular complexity index is 657. The lowest BCUT2D eigenvalue weighted by Gasteiger charge is -2.13. The Balaban J connectivity index is 1.68. The maximum atomic E-state index is 12.2. The van der Waals surface area contributed by atoms with E-state index in [1.807, 2.05) is 25.2 Å². The van der Waals surface area contributed by atoms with Gasteiger partial charge >= 0.3 is 0 Å². The first-order valence-electron chi connectivity index (χ1n) is 7.51. The van der Waals surface area contributed by atoms with Gasteiger partial charge in [0.25, 0.3) is 5.91 Å². The quantitative estimate of drug-likeness (QED) is 0.941. The normalized spacial score (nSPS) is 14.0. The van der Waals surface area contributed by atoms with E-state index >= 15 is 0 Å². The Morgan fingerprint density at radius 2 is 2.24 bits per heavy atom. The third-order valence-electron chi connectivity index (χ3n) is 3.94. The molecule has 1 N–H and O–H groups in total. The average Bonchev–Trinajstić information content (AvgIpc) is 3.08. The highest BCUT2D eigenvalue weighted by Gasteiger charge is 2.19. The monoisotopic (exact) mass is 304 g/mol. The molecule has 0 aliphatic heterocycles. The molecule has 0 radical (unpaired) electrons. The smallest absolute Gasteiger partial charge is 0.289 e. The van der Waals surface area contributed by atoms with Crippen LogP contribution in [0.15, 0.2) is 9.80 Å². The van der Waals surface area contributed by atoms with Gasteiger partial charge in [0.15, 0.2) is 5.89 Å². The maximum absolute atomic E-state index is 12.2. The number of carbonyl (C=O) groups excluding carboxylic acids is 1. The van der Waals surface area contributed by atoms with Crippen LogP contribution in [0.2, 0.25) is 0 Å². The summed E-state index contributed by atoms with van der Waals surface area (Å²) in [4.78, 5) is 18.0. The van der Waals surface area contributed by atoms with E-state index < -0.39 is 0 Å². The fraction of sp³-hybridized carbons (Fsp3) is 0.500. The highest BCUT2D eigenvalue weighted by Crippen LogP contribution is 2.30. The largest absolute Gasteiger partial charge is 0.435 e. The van der Waals surface area contributed by atoms with E-state index in [0.29, 0.717) is 30.3 Å². The van der Waals surface area contributed by atoms with Crippen molar-refractivity contribution >= 4 is 17.2 Å². The lowest BCUT2D eigenvalue weighted by atomic mass is 9.96. The molecular weight excluding hydrogens is 284 g/mol. The number of amides is 1. The highest BCUT2D eigenvalue weighted by molar-refractivity contribution is 7.10. The van der Waals surface area contributed by atoms with Crippen LogP contribution in [0.4, 0.5) is 0 Å². The van der Waals surface area contributed by atoms with E-state index in [2.05, 4.69) is 15.7 Å². The number of carbonyl (C=O) groups is 1. The molecule has 1 aliphatic rings. The number of rotatable bonds is 4. The molecule has 0 saturated heterocycles. The van der Waals surface area contributed by atoms with Gasteiger partial charge in [0, 0.05) is 17.8 Å². The Hall–Kier alpha value is -1.62. The van der Waals surface area contributed by atoms with E-state index in [9.17, 15) is 4.79 Å². The van der Waals surface area contributed by atoms with Crippen LogP contribution in [0.1, 0.15) is 57.9 Å². The summed E-state index contributed by atoms with van der Waals surface area (Å²) >= 11 is 1.82. The lowest BCUT2D eigenvalue weighted by Crippen LogP contribution is -2.23. The van der Waals surface area contributed by atoms with E-state index in [1.165, 1.54) is 35.3 Å². The van der Waals surface area contributed by atoms with Gasteiger partial charge in [0.1, 0.15) is 0 Å². The molecule has 0 atom stereocenters. The molecule has 1 amide bonds. The van der Waals surface area contributed by atoms with Gasteiger partial charge in [-0.05, 0) is 49.1 Å².